The van der Waals surface area contributed by atoms with Crippen molar-refractivity contribution in [3.63, 3.8) is 0 Å². The number of hydrogen-bond donors (Lipinski definition) is 4. The van der Waals surface area contributed by atoms with Gasteiger partial charge in [0.2, 0.25) is 0 Å². The predicted molar refractivity (Wildman–Crippen MR) is 123 cm³/mol. The Labute approximate surface area is 209 Å². The first kappa shape index (κ1) is 26.6. The summed E-state index contributed by atoms with van der Waals surface area (Å²) in [6, 6.07) is 1.26. The third kappa shape index (κ3) is 5.31. The van der Waals surface area contributed by atoms with Gasteiger partial charge in [-0.05, 0) is 19.3 Å². The first-order valence-electron chi connectivity index (χ1n) is 10.8. The van der Waals surface area contributed by atoms with Crippen LogP contribution in [0.5, 0.6) is 0 Å². The van der Waals surface area contributed by atoms with E-state index in [4.69, 9.17) is 18.2 Å². The topological polar surface area (TPSA) is 197 Å². The van der Waals surface area contributed by atoms with Crippen LogP contribution < -0.4 is 11.2 Å². The van der Waals surface area contributed by atoms with Crippen LogP contribution >= 0.6 is 21.6 Å². The van der Waals surface area contributed by atoms with Crippen LogP contribution in [0.15, 0.2) is 34.2 Å². The van der Waals surface area contributed by atoms with Gasteiger partial charge in [0.25, 0.3) is 11.2 Å². The zero-order valence-electron chi connectivity index (χ0n) is 18.5. The summed E-state index contributed by atoms with van der Waals surface area (Å²) in [5.74, 6) is -0.747. The molecule has 0 spiro atoms. The molecule has 2 aromatic rings. The van der Waals surface area contributed by atoms with Crippen LogP contribution in [0.4, 0.5) is 5.69 Å². The van der Waals surface area contributed by atoms with Crippen molar-refractivity contribution in [3.05, 3.63) is 61.2 Å². The van der Waals surface area contributed by atoms with Crippen molar-refractivity contribution in [2.24, 2.45) is 5.92 Å². The number of thiol groups is 1. The van der Waals surface area contributed by atoms with Gasteiger partial charge >= 0.3 is 14.4 Å². The number of ether oxygens (including phenoxy) is 2. The molecule has 3 unspecified atom stereocenters. The van der Waals surface area contributed by atoms with E-state index in [0.29, 0.717) is 0 Å². The lowest BCUT2D eigenvalue weighted by molar-refractivity contribution is -0.384. The Hall–Kier alpha value is -2.43. The van der Waals surface area contributed by atoms with E-state index in [2.05, 4.69) is 17.9 Å². The highest BCUT2D eigenvalue weighted by atomic mass is 32.1. The van der Waals surface area contributed by atoms with Crippen molar-refractivity contribution < 1.29 is 37.9 Å². The number of rotatable bonds is 10. The minimum absolute atomic E-state index is 0.0220. The molecule has 4 rings (SSSR count). The molecule has 2 aliphatic rings. The van der Waals surface area contributed by atoms with Crippen LogP contribution in [-0.4, -0.2) is 66.9 Å². The van der Waals surface area contributed by atoms with Crippen LogP contribution in [0.3, 0.4) is 0 Å². The maximum absolute atomic E-state index is 12.7. The number of nitrogens with zero attached hydrogens (tertiary/aromatic N) is 3. The molecule has 0 aromatic carbocycles. The minimum Gasteiger partial charge on any atom is -0.394 e. The Morgan fingerprint density at radius 1 is 1.31 bits per heavy atom. The fourth-order valence-electron chi connectivity index (χ4n) is 4.56. The van der Waals surface area contributed by atoms with Crippen LogP contribution in [0.1, 0.15) is 24.4 Å². The average Bonchev–Trinajstić information content (AvgIpc) is 3.54. The van der Waals surface area contributed by atoms with E-state index in [-0.39, 0.29) is 30.7 Å². The van der Waals surface area contributed by atoms with Gasteiger partial charge in [-0.15, -0.1) is 0 Å². The smallest absolute Gasteiger partial charge is 0.330 e. The van der Waals surface area contributed by atoms with Gasteiger partial charge in [0, 0.05) is 36.4 Å². The lowest BCUT2D eigenvalue weighted by Gasteiger charge is -2.23. The Morgan fingerprint density at radius 2 is 2.08 bits per heavy atom. The molecule has 2 fully saturated rings. The lowest BCUT2D eigenvalue weighted by atomic mass is 9.93. The fraction of sp³-hybridized carbons (Fsp3) is 0.579. The van der Waals surface area contributed by atoms with Crippen LogP contribution in [0.25, 0.3) is 0 Å². The second-order valence-electron chi connectivity index (χ2n) is 8.38. The molecule has 0 radical (unpaired) electrons. The molecule has 0 amide bonds. The molecule has 2 aliphatic heterocycles. The summed E-state index contributed by atoms with van der Waals surface area (Å²) < 4.78 is 35.3. The molecule has 3 N–H and O–H groups in total. The largest absolute Gasteiger partial charge is 0.394 e. The zero-order valence-corrected chi connectivity index (χ0v) is 20.3. The van der Waals surface area contributed by atoms with E-state index in [9.17, 15) is 34.5 Å². The molecular formula is C19H23N4O11PS. The number of nitro groups is 1. The Balaban J connectivity index is 1.67. The standard InChI is InChI=1S/C19H23N4O11PS/c24-7-13-16(34-35-30)11(18(33-13)21-2-1-10(6-21)23(28)29)3-9-5-22(19(27)20-17(9)26)15-4-12(25)14(32-15)8-31-36/h1-2,5-6,11-16,18,24-25,36H,3-4,7-8H2,(H,20,26,27)/t11?,12?,13-,14-,15-,16?,18-/m1/s1. The van der Waals surface area contributed by atoms with Gasteiger partial charge in [-0.1, -0.05) is 0 Å². The highest BCUT2D eigenvalue weighted by molar-refractivity contribution is 7.75. The molecule has 2 aromatic heterocycles. The molecule has 36 heavy (non-hydrogen) atoms. The van der Waals surface area contributed by atoms with Crippen molar-refractivity contribution >= 4 is 27.3 Å². The van der Waals surface area contributed by atoms with Crippen molar-refractivity contribution in [1.82, 2.24) is 14.1 Å². The van der Waals surface area contributed by atoms with Crippen molar-refractivity contribution in [2.45, 2.75) is 49.7 Å². The minimum atomic E-state index is -0.957. The normalized spacial score (nSPS) is 30.2. The number of aliphatic hydroxyl groups is 2. The molecule has 2 saturated heterocycles. The highest BCUT2D eigenvalue weighted by Crippen LogP contribution is 2.40. The summed E-state index contributed by atoms with van der Waals surface area (Å²) in [6.45, 7) is -0.527. The number of aromatic nitrogens is 3. The molecule has 15 nitrogen and oxygen atoms in total. The number of aliphatic hydroxyl groups excluding tert-OH is 2. The van der Waals surface area contributed by atoms with Gasteiger partial charge in [-0.2, -0.15) is 0 Å². The maximum atomic E-state index is 12.7. The van der Waals surface area contributed by atoms with Crippen LogP contribution in [0, 0.1) is 16.0 Å². The Kier molecular flexibility index (Phi) is 8.37. The quantitative estimate of drug-likeness (QED) is 0.104. The second kappa shape index (κ2) is 11.3. The number of hydrogen-bond acceptors (Lipinski definition) is 12. The van der Waals surface area contributed by atoms with Crippen molar-refractivity contribution in [1.29, 1.82) is 0 Å². The number of aromatic amines is 1. The summed E-state index contributed by atoms with van der Waals surface area (Å²) in [7, 11) is -0.695. The van der Waals surface area contributed by atoms with E-state index >= 15 is 0 Å². The van der Waals surface area contributed by atoms with E-state index < -0.39 is 74.3 Å². The third-order valence-electron chi connectivity index (χ3n) is 6.27. The maximum Gasteiger partial charge on any atom is 0.330 e. The first-order chi connectivity index (χ1) is 17.3. The molecule has 7 atom stereocenters. The van der Waals surface area contributed by atoms with Gasteiger partial charge in [-0.3, -0.25) is 29.0 Å². The van der Waals surface area contributed by atoms with E-state index in [1.807, 2.05) is 0 Å². The van der Waals surface area contributed by atoms with Crippen molar-refractivity contribution in [3.8, 4) is 0 Å². The average molecular weight is 546 g/mol. The third-order valence-corrected chi connectivity index (χ3v) is 6.75. The van der Waals surface area contributed by atoms with Gasteiger partial charge in [0.05, 0.1) is 30.4 Å². The summed E-state index contributed by atoms with van der Waals surface area (Å²) in [5, 5.41) is 31.1. The van der Waals surface area contributed by atoms with Gasteiger partial charge < -0.3 is 28.4 Å². The fourth-order valence-corrected chi connectivity index (χ4v) is 5.10. The first-order valence-corrected chi connectivity index (χ1v) is 11.9. The van der Waals surface area contributed by atoms with Crippen molar-refractivity contribution in [2.75, 3.05) is 13.2 Å². The van der Waals surface area contributed by atoms with Gasteiger partial charge in [0.1, 0.15) is 30.8 Å². The SMILES string of the molecule is O=POC1C(Cc2cn([C@H]3CC(O)[C@@H](COS)O3)c(=O)[nH]c2=O)[C@H](n2ccc([N+](=O)[O-])c2)O[C@@H]1CO. The van der Waals surface area contributed by atoms with E-state index in [0.717, 1.165) is 4.57 Å². The van der Waals surface area contributed by atoms with E-state index in [1.54, 1.807) is 0 Å². The molecule has 17 heteroatoms. The lowest BCUT2D eigenvalue weighted by Crippen LogP contribution is -2.37. The summed E-state index contributed by atoms with van der Waals surface area (Å²) >= 11 is 3.65. The van der Waals surface area contributed by atoms with Crippen LogP contribution in [-0.2, 0) is 29.2 Å². The van der Waals surface area contributed by atoms with E-state index in [1.165, 1.54) is 29.2 Å². The summed E-state index contributed by atoms with van der Waals surface area (Å²) in [4.78, 5) is 38.0. The summed E-state index contributed by atoms with van der Waals surface area (Å²) in [5.41, 5.74) is -1.55. The molecule has 0 aliphatic carbocycles. The molecule has 0 saturated carbocycles. The summed E-state index contributed by atoms with van der Waals surface area (Å²) in [6.07, 6.45) is -1.48. The van der Waals surface area contributed by atoms with Crippen LogP contribution in [0.2, 0.25) is 0 Å². The number of H-pyrrole nitrogens is 1. The monoisotopic (exact) mass is 546 g/mol. The molecule has 4 heterocycles. The number of nitrogens with one attached hydrogen (secondary N) is 1. The highest BCUT2D eigenvalue weighted by Gasteiger charge is 2.47. The predicted octanol–water partition coefficient (Wildman–Crippen LogP) is 0.0966. The zero-order chi connectivity index (χ0) is 26.0. The molecular weight excluding hydrogens is 523 g/mol. The van der Waals surface area contributed by atoms with Gasteiger partial charge in [0.15, 0.2) is 0 Å². The van der Waals surface area contributed by atoms with Gasteiger partial charge in [-0.25, -0.2) is 9.36 Å². The Bertz CT molecular complexity index is 1220. The Morgan fingerprint density at radius 3 is 2.72 bits per heavy atom. The second-order valence-corrected chi connectivity index (χ2v) is 9.00. The molecule has 0 bridgehead atoms. The molecule has 196 valence electrons.